The lowest BCUT2D eigenvalue weighted by Crippen LogP contribution is -2.31. The van der Waals surface area contributed by atoms with E-state index in [1.165, 1.54) is 32.9 Å². The van der Waals surface area contributed by atoms with Crippen molar-refractivity contribution in [1.29, 1.82) is 0 Å². The number of aromatic nitrogens is 7. The van der Waals surface area contributed by atoms with Crippen LogP contribution in [0.3, 0.4) is 0 Å². The number of rotatable bonds is 9. The quantitative estimate of drug-likeness (QED) is 0.425. The first-order valence-corrected chi connectivity index (χ1v) is 12.2. The lowest BCUT2D eigenvalue weighted by atomic mass is 10.1. The van der Waals surface area contributed by atoms with Crippen molar-refractivity contribution < 1.29 is 18.8 Å². The van der Waals surface area contributed by atoms with Crippen molar-refractivity contribution in [2.45, 2.75) is 44.0 Å². The highest BCUT2D eigenvalue weighted by atomic mass is 35.5. The molecule has 1 saturated heterocycles. The molecular formula is C20H25ClN8O4S. The minimum atomic E-state index is -1.59. The summed E-state index contributed by atoms with van der Waals surface area (Å²) in [4.78, 5) is 16.9. The summed E-state index contributed by atoms with van der Waals surface area (Å²) >= 11 is 4.30. The van der Waals surface area contributed by atoms with Crippen LogP contribution in [0.4, 0.5) is 5.95 Å². The lowest BCUT2D eigenvalue weighted by molar-refractivity contribution is 0.103. The van der Waals surface area contributed by atoms with Gasteiger partial charge in [0.05, 0.1) is 36.5 Å². The molecule has 0 bridgehead atoms. The zero-order chi connectivity index (χ0) is 24.2. The van der Waals surface area contributed by atoms with E-state index in [-0.39, 0.29) is 35.0 Å². The topological polar surface area (TPSA) is 145 Å². The van der Waals surface area contributed by atoms with Crippen LogP contribution in [0.1, 0.15) is 50.4 Å². The summed E-state index contributed by atoms with van der Waals surface area (Å²) < 4.78 is 34.7. The summed E-state index contributed by atoms with van der Waals surface area (Å²) in [5, 5.41) is 8.66. The van der Waals surface area contributed by atoms with E-state index in [0.717, 1.165) is 12.8 Å². The molecule has 4 atom stereocenters. The molecule has 0 spiro atoms. The maximum atomic E-state index is 13.3. The second kappa shape index (κ2) is 10.7. The van der Waals surface area contributed by atoms with Crippen LogP contribution in [0.5, 0.6) is 11.8 Å². The van der Waals surface area contributed by atoms with Gasteiger partial charge in [0.2, 0.25) is 11.8 Å². The second-order valence-corrected chi connectivity index (χ2v) is 9.59. The molecule has 4 rings (SSSR count). The van der Waals surface area contributed by atoms with Crippen molar-refractivity contribution in [1.82, 2.24) is 34.7 Å². The molecule has 1 N–H and O–H groups in total. The van der Waals surface area contributed by atoms with Crippen LogP contribution in [0.15, 0.2) is 18.7 Å². The van der Waals surface area contributed by atoms with Gasteiger partial charge in [-0.1, -0.05) is 18.5 Å². The molecule has 1 fully saturated rings. The predicted octanol–water partition coefficient (Wildman–Crippen LogP) is 2.64. The zero-order valence-corrected chi connectivity index (χ0v) is 20.7. The molecular weight excluding hydrogens is 484 g/mol. The molecule has 0 saturated carbocycles. The van der Waals surface area contributed by atoms with Crippen molar-refractivity contribution in [2.24, 2.45) is 0 Å². The van der Waals surface area contributed by atoms with Gasteiger partial charge >= 0.3 is 0 Å². The minimum Gasteiger partial charge on any atom is -0.593 e. The molecule has 3 aromatic heterocycles. The third-order valence-electron chi connectivity index (χ3n) is 5.55. The fourth-order valence-electron chi connectivity index (χ4n) is 3.55. The molecule has 34 heavy (non-hydrogen) atoms. The molecule has 4 heterocycles. The highest BCUT2D eigenvalue weighted by molar-refractivity contribution is 7.93. The van der Waals surface area contributed by atoms with Crippen molar-refractivity contribution in [3.8, 4) is 17.4 Å². The fourth-order valence-corrected chi connectivity index (χ4v) is 4.63. The Balaban J connectivity index is 1.69. The van der Waals surface area contributed by atoms with Crippen LogP contribution in [0.2, 0.25) is 5.02 Å². The van der Waals surface area contributed by atoms with Crippen molar-refractivity contribution in [2.75, 3.05) is 25.5 Å². The standard InChI is InChI=1S/C20H25ClN8O4S/c1-11(16-22-8-13(21)9-23-16)12(2)34(30)28-20-27-26-17(14-6-5-7-33-14)29(20)15-18(31-3)24-10-25-19(15)32-4/h8-12,14H,5-7H2,1-4H3,(H,27,28)/t11-,12?,14?,34?/m0/s1. The number of hydrogen-bond acceptors (Lipinski definition) is 11. The van der Waals surface area contributed by atoms with Crippen LogP contribution >= 0.6 is 11.6 Å². The van der Waals surface area contributed by atoms with Gasteiger partial charge in [-0.15, -0.1) is 10.2 Å². The normalized spacial score (nSPS) is 18.4. The summed E-state index contributed by atoms with van der Waals surface area (Å²) in [5.74, 6) is 1.51. The van der Waals surface area contributed by atoms with Gasteiger partial charge in [-0.3, -0.25) is 0 Å². The van der Waals surface area contributed by atoms with Crippen LogP contribution in [0, 0.1) is 0 Å². The molecule has 12 nitrogen and oxygen atoms in total. The van der Waals surface area contributed by atoms with Crippen LogP contribution in [-0.4, -0.2) is 65.3 Å². The van der Waals surface area contributed by atoms with E-state index in [9.17, 15) is 4.55 Å². The van der Waals surface area contributed by atoms with E-state index in [1.807, 2.05) is 13.8 Å². The molecule has 1 aliphatic rings. The Hall–Kier alpha value is -2.74. The SMILES string of the molecule is COc1ncnc(OC)c1-n1c(N[S+]([O-])C(C)[C@H](C)c2ncc(Cl)cn2)nnc1C1CCCO1. The van der Waals surface area contributed by atoms with Gasteiger partial charge in [-0.2, -0.15) is 14.7 Å². The molecule has 1 aliphatic heterocycles. The van der Waals surface area contributed by atoms with Crippen molar-refractivity contribution in [3.63, 3.8) is 0 Å². The van der Waals surface area contributed by atoms with Gasteiger partial charge in [0.25, 0.3) is 5.95 Å². The third-order valence-corrected chi connectivity index (χ3v) is 7.21. The van der Waals surface area contributed by atoms with Gasteiger partial charge in [-0.05, 0) is 19.8 Å². The molecule has 0 aliphatic carbocycles. The second-order valence-electron chi connectivity index (χ2n) is 7.61. The Kier molecular flexibility index (Phi) is 7.66. The molecule has 0 amide bonds. The van der Waals surface area contributed by atoms with Crippen molar-refractivity contribution >= 4 is 28.9 Å². The summed E-state index contributed by atoms with van der Waals surface area (Å²) in [5.41, 5.74) is 0.379. The molecule has 0 aromatic carbocycles. The maximum absolute atomic E-state index is 13.3. The summed E-state index contributed by atoms with van der Waals surface area (Å²) in [7, 11) is 2.98. The highest BCUT2D eigenvalue weighted by Gasteiger charge is 2.34. The van der Waals surface area contributed by atoms with E-state index in [0.29, 0.717) is 29.0 Å². The van der Waals surface area contributed by atoms with Crippen LogP contribution in [0.25, 0.3) is 5.69 Å². The van der Waals surface area contributed by atoms with Gasteiger partial charge in [0, 0.05) is 19.0 Å². The number of anilines is 1. The molecule has 0 radical (unpaired) electrons. The Morgan fingerprint density at radius 2 is 1.82 bits per heavy atom. The average molecular weight is 509 g/mol. The van der Waals surface area contributed by atoms with E-state index < -0.39 is 11.4 Å². The van der Waals surface area contributed by atoms with Crippen molar-refractivity contribution in [3.05, 3.63) is 35.4 Å². The van der Waals surface area contributed by atoms with Crippen LogP contribution in [-0.2, 0) is 16.1 Å². The largest absolute Gasteiger partial charge is 0.593 e. The van der Waals surface area contributed by atoms with E-state index in [2.05, 4.69) is 34.9 Å². The summed E-state index contributed by atoms with van der Waals surface area (Å²) in [6.07, 6.45) is 5.72. The zero-order valence-electron chi connectivity index (χ0n) is 19.1. The van der Waals surface area contributed by atoms with Crippen LogP contribution < -0.4 is 14.2 Å². The number of hydrogen-bond donors (Lipinski definition) is 1. The Bertz CT molecular complexity index is 1090. The van der Waals surface area contributed by atoms with E-state index >= 15 is 0 Å². The Morgan fingerprint density at radius 1 is 1.15 bits per heavy atom. The molecule has 3 aromatic rings. The number of methoxy groups -OCH3 is 2. The van der Waals surface area contributed by atoms with E-state index in [4.69, 9.17) is 25.8 Å². The average Bonchev–Trinajstić information content (AvgIpc) is 3.53. The minimum absolute atomic E-state index is 0.214. The predicted molar refractivity (Wildman–Crippen MR) is 125 cm³/mol. The van der Waals surface area contributed by atoms with Gasteiger partial charge in [-0.25, -0.2) is 14.5 Å². The van der Waals surface area contributed by atoms with Gasteiger partial charge in [0.1, 0.15) is 23.5 Å². The van der Waals surface area contributed by atoms with Gasteiger partial charge in [0.15, 0.2) is 11.5 Å². The van der Waals surface area contributed by atoms with Gasteiger partial charge < -0.3 is 18.8 Å². The number of ether oxygens (including phenoxy) is 3. The number of nitrogens with zero attached hydrogens (tertiary/aromatic N) is 7. The Labute approximate surface area is 204 Å². The maximum Gasteiger partial charge on any atom is 0.271 e. The first kappa shape index (κ1) is 24.4. The first-order valence-electron chi connectivity index (χ1n) is 10.6. The molecule has 182 valence electrons. The fraction of sp³-hybridized carbons (Fsp3) is 0.500. The lowest BCUT2D eigenvalue weighted by Gasteiger charge is -2.23. The third kappa shape index (κ3) is 4.87. The first-order chi connectivity index (χ1) is 16.4. The highest BCUT2D eigenvalue weighted by Crippen LogP contribution is 2.37. The number of halogens is 1. The summed E-state index contributed by atoms with van der Waals surface area (Å²) in [6, 6.07) is 0. The molecule has 14 heteroatoms. The summed E-state index contributed by atoms with van der Waals surface area (Å²) in [6.45, 7) is 4.34. The Morgan fingerprint density at radius 3 is 2.41 bits per heavy atom. The number of nitrogens with one attached hydrogen (secondary N) is 1. The van der Waals surface area contributed by atoms with E-state index in [1.54, 1.807) is 4.57 Å². The molecule has 3 unspecified atom stereocenters. The monoisotopic (exact) mass is 508 g/mol. The smallest absolute Gasteiger partial charge is 0.271 e.